The van der Waals surface area contributed by atoms with Gasteiger partial charge in [0.05, 0.1) is 12.6 Å². The molecule has 0 aliphatic carbocycles. The molecular formula is C11H20N4O5. The first kappa shape index (κ1) is 17.8. The van der Waals surface area contributed by atoms with E-state index < -0.39 is 41.8 Å². The topological polar surface area (TPSA) is 151 Å². The van der Waals surface area contributed by atoms with E-state index in [0.717, 1.165) is 0 Å². The summed E-state index contributed by atoms with van der Waals surface area (Å²) in [5.41, 5.74) is 5.29. The molecular weight excluding hydrogens is 268 g/mol. The van der Waals surface area contributed by atoms with Gasteiger partial charge in [0.1, 0.15) is 12.1 Å². The van der Waals surface area contributed by atoms with Crippen LogP contribution in [-0.2, 0) is 19.2 Å². The van der Waals surface area contributed by atoms with Crippen molar-refractivity contribution in [2.75, 3.05) is 6.54 Å². The predicted octanol–water partition coefficient (Wildman–Crippen LogP) is -2.46. The molecule has 9 nitrogen and oxygen atoms in total. The van der Waals surface area contributed by atoms with Gasteiger partial charge < -0.3 is 26.8 Å². The molecule has 0 fully saturated rings. The smallest absolute Gasteiger partial charge is 0.325 e. The summed E-state index contributed by atoms with van der Waals surface area (Å²) >= 11 is 0. The molecule has 0 heterocycles. The molecule has 114 valence electrons. The van der Waals surface area contributed by atoms with Crippen LogP contribution in [0.3, 0.4) is 0 Å². The zero-order valence-electron chi connectivity index (χ0n) is 11.6. The lowest BCUT2D eigenvalue weighted by Gasteiger charge is -2.16. The van der Waals surface area contributed by atoms with E-state index in [9.17, 15) is 19.2 Å². The molecule has 0 saturated carbocycles. The quantitative estimate of drug-likeness (QED) is 0.350. The van der Waals surface area contributed by atoms with E-state index in [1.165, 1.54) is 20.8 Å². The second-order valence-corrected chi connectivity index (χ2v) is 4.36. The largest absolute Gasteiger partial charge is 0.480 e. The van der Waals surface area contributed by atoms with Gasteiger partial charge in [0, 0.05) is 0 Å². The number of aliphatic carboxylic acids is 1. The van der Waals surface area contributed by atoms with Crippen molar-refractivity contribution >= 4 is 23.7 Å². The molecule has 0 radical (unpaired) electrons. The van der Waals surface area contributed by atoms with Crippen LogP contribution >= 0.6 is 0 Å². The standard InChI is InChI=1S/C11H20N4O5/c1-5(12)9(17)13-4-8(16)14-6(2)10(18)15-7(3)11(19)20/h5-7H,4,12H2,1-3H3,(H,13,17)(H,14,16)(H,15,18)(H,19,20). The number of nitrogens with one attached hydrogen (secondary N) is 3. The lowest BCUT2D eigenvalue weighted by atomic mass is 10.2. The molecule has 20 heavy (non-hydrogen) atoms. The van der Waals surface area contributed by atoms with Crippen LogP contribution in [0.5, 0.6) is 0 Å². The van der Waals surface area contributed by atoms with Crippen LogP contribution in [-0.4, -0.2) is 53.5 Å². The Morgan fingerprint density at radius 3 is 2.00 bits per heavy atom. The number of nitrogens with two attached hydrogens (primary N) is 1. The van der Waals surface area contributed by atoms with Crippen LogP contribution in [0.4, 0.5) is 0 Å². The molecule has 0 saturated heterocycles. The molecule has 0 bridgehead atoms. The van der Waals surface area contributed by atoms with E-state index in [-0.39, 0.29) is 6.54 Å². The minimum Gasteiger partial charge on any atom is -0.480 e. The number of carbonyl (C=O) groups excluding carboxylic acids is 3. The Kier molecular flexibility index (Phi) is 7.22. The predicted molar refractivity (Wildman–Crippen MR) is 69.5 cm³/mol. The fourth-order valence-corrected chi connectivity index (χ4v) is 1.09. The molecule has 0 aromatic heterocycles. The van der Waals surface area contributed by atoms with E-state index in [2.05, 4.69) is 16.0 Å². The molecule has 0 aromatic rings. The fourth-order valence-electron chi connectivity index (χ4n) is 1.09. The van der Waals surface area contributed by atoms with Gasteiger partial charge in [-0.3, -0.25) is 19.2 Å². The first-order valence-corrected chi connectivity index (χ1v) is 6.01. The zero-order valence-corrected chi connectivity index (χ0v) is 11.6. The molecule has 0 spiro atoms. The van der Waals surface area contributed by atoms with Crippen LogP contribution in [0.2, 0.25) is 0 Å². The molecule has 9 heteroatoms. The summed E-state index contributed by atoms with van der Waals surface area (Å²) in [5, 5.41) is 15.4. The summed E-state index contributed by atoms with van der Waals surface area (Å²) in [5.74, 6) is -2.88. The van der Waals surface area contributed by atoms with Gasteiger partial charge in [0.25, 0.3) is 0 Å². The first-order chi connectivity index (χ1) is 9.15. The lowest BCUT2D eigenvalue weighted by Crippen LogP contribution is -2.51. The van der Waals surface area contributed by atoms with Gasteiger partial charge in [0.15, 0.2) is 0 Å². The average Bonchev–Trinajstić information content (AvgIpc) is 2.35. The van der Waals surface area contributed by atoms with Gasteiger partial charge >= 0.3 is 5.97 Å². The first-order valence-electron chi connectivity index (χ1n) is 6.01. The maximum absolute atomic E-state index is 11.5. The number of amides is 3. The fraction of sp³-hybridized carbons (Fsp3) is 0.636. The van der Waals surface area contributed by atoms with E-state index in [0.29, 0.717) is 0 Å². The molecule has 0 aliphatic rings. The normalized spacial score (nSPS) is 14.6. The van der Waals surface area contributed by atoms with Crippen LogP contribution in [0.15, 0.2) is 0 Å². The molecule has 3 unspecified atom stereocenters. The van der Waals surface area contributed by atoms with Crippen molar-refractivity contribution in [2.24, 2.45) is 5.73 Å². The Balaban J connectivity index is 4.16. The highest BCUT2D eigenvalue weighted by Crippen LogP contribution is 1.87. The number of carbonyl (C=O) groups is 4. The van der Waals surface area contributed by atoms with Crippen LogP contribution < -0.4 is 21.7 Å². The summed E-state index contributed by atoms with van der Waals surface area (Å²) in [6, 6.07) is -2.71. The van der Waals surface area contributed by atoms with Crippen molar-refractivity contribution in [3.63, 3.8) is 0 Å². The highest BCUT2D eigenvalue weighted by Gasteiger charge is 2.20. The van der Waals surface area contributed by atoms with Crippen LogP contribution in [0, 0.1) is 0 Å². The van der Waals surface area contributed by atoms with Crippen molar-refractivity contribution in [2.45, 2.75) is 38.9 Å². The number of carboxylic acids is 1. The lowest BCUT2D eigenvalue weighted by molar-refractivity contribution is -0.141. The van der Waals surface area contributed by atoms with Crippen molar-refractivity contribution in [3.05, 3.63) is 0 Å². The van der Waals surface area contributed by atoms with Crippen molar-refractivity contribution in [3.8, 4) is 0 Å². The molecule has 6 N–H and O–H groups in total. The van der Waals surface area contributed by atoms with Crippen molar-refractivity contribution in [1.82, 2.24) is 16.0 Å². The molecule has 0 aromatic carbocycles. The monoisotopic (exact) mass is 288 g/mol. The Morgan fingerprint density at radius 1 is 1.00 bits per heavy atom. The summed E-state index contributed by atoms with van der Waals surface area (Å²) in [7, 11) is 0. The average molecular weight is 288 g/mol. The summed E-state index contributed by atoms with van der Waals surface area (Å²) in [6.07, 6.45) is 0. The SMILES string of the molecule is CC(N)C(=O)NCC(=O)NC(C)C(=O)NC(C)C(=O)O. The van der Waals surface area contributed by atoms with Gasteiger partial charge in [-0.1, -0.05) is 0 Å². The summed E-state index contributed by atoms with van der Waals surface area (Å²) in [4.78, 5) is 44.7. The second-order valence-electron chi connectivity index (χ2n) is 4.36. The second kappa shape index (κ2) is 8.10. The van der Waals surface area contributed by atoms with E-state index in [1.807, 2.05) is 0 Å². The molecule has 3 amide bonds. The van der Waals surface area contributed by atoms with Crippen molar-refractivity contribution < 1.29 is 24.3 Å². The van der Waals surface area contributed by atoms with Gasteiger partial charge in [-0.05, 0) is 20.8 Å². The number of hydrogen-bond donors (Lipinski definition) is 5. The number of hydrogen-bond acceptors (Lipinski definition) is 5. The van der Waals surface area contributed by atoms with E-state index in [1.54, 1.807) is 0 Å². The summed E-state index contributed by atoms with van der Waals surface area (Å²) < 4.78 is 0. The third-order valence-corrected chi connectivity index (χ3v) is 2.34. The third kappa shape index (κ3) is 6.69. The zero-order chi connectivity index (χ0) is 15.9. The summed E-state index contributed by atoms with van der Waals surface area (Å²) in [6.45, 7) is 3.86. The highest BCUT2D eigenvalue weighted by atomic mass is 16.4. The minimum atomic E-state index is -1.18. The molecule has 0 aliphatic heterocycles. The Hall–Kier alpha value is -2.16. The van der Waals surface area contributed by atoms with Crippen LogP contribution in [0.25, 0.3) is 0 Å². The van der Waals surface area contributed by atoms with Gasteiger partial charge in [-0.15, -0.1) is 0 Å². The third-order valence-electron chi connectivity index (χ3n) is 2.34. The Bertz CT molecular complexity index is 396. The van der Waals surface area contributed by atoms with Crippen molar-refractivity contribution in [1.29, 1.82) is 0 Å². The maximum Gasteiger partial charge on any atom is 0.325 e. The molecule has 0 rings (SSSR count). The highest BCUT2D eigenvalue weighted by molar-refractivity contribution is 5.92. The van der Waals surface area contributed by atoms with E-state index in [4.69, 9.17) is 10.8 Å². The Labute approximate surface area is 116 Å². The maximum atomic E-state index is 11.5. The molecule has 3 atom stereocenters. The Morgan fingerprint density at radius 2 is 1.55 bits per heavy atom. The van der Waals surface area contributed by atoms with Gasteiger partial charge in [0.2, 0.25) is 17.7 Å². The number of carboxylic acid groups (broad SMARTS) is 1. The number of rotatable bonds is 7. The van der Waals surface area contributed by atoms with Gasteiger partial charge in [-0.25, -0.2) is 0 Å². The van der Waals surface area contributed by atoms with E-state index >= 15 is 0 Å². The van der Waals surface area contributed by atoms with Gasteiger partial charge in [-0.2, -0.15) is 0 Å². The minimum absolute atomic E-state index is 0.313. The van der Waals surface area contributed by atoms with Crippen LogP contribution in [0.1, 0.15) is 20.8 Å².